The first-order valence-electron chi connectivity index (χ1n) is 10.5. The second kappa shape index (κ2) is 8.62. The second-order valence-electron chi connectivity index (χ2n) is 8.02. The van der Waals surface area contributed by atoms with Crippen molar-refractivity contribution in [1.29, 1.82) is 0 Å². The average molecular weight is 495 g/mol. The van der Waals surface area contributed by atoms with Crippen molar-refractivity contribution < 1.29 is 27.6 Å². The fourth-order valence-electron chi connectivity index (χ4n) is 4.13. The van der Waals surface area contributed by atoms with Crippen molar-refractivity contribution in [1.82, 2.24) is 9.88 Å². The fourth-order valence-corrected chi connectivity index (χ4v) is 4.95. The minimum Gasteiger partial charge on any atom is -0.322 e. The van der Waals surface area contributed by atoms with Gasteiger partial charge in [0.25, 0.3) is 11.8 Å². The molecule has 10 heteroatoms. The summed E-state index contributed by atoms with van der Waals surface area (Å²) < 4.78 is 43.3. The van der Waals surface area contributed by atoms with Crippen LogP contribution in [0.1, 0.15) is 31.3 Å². The summed E-state index contributed by atoms with van der Waals surface area (Å²) in [4.78, 5) is 44.4. The van der Waals surface area contributed by atoms with E-state index in [1.54, 1.807) is 25.1 Å². The van der Waals surface area contributed by atoms with Gasteiger partial charge in [-0.25, -0.2) is 18.2 Å². The van der Waals surface area contributed by atoms with E-state index in [4.69, 9.17) is 0 Å². The van der Waals surface area contributed by atoms with Crippen LogP contribution >= 0.6 is 11.3 Å². The molecule has 0 radical (unpaired) electrons. The van der Waals surface area contributed by atoms with Crippen LogP contribution in [0.15, 0.2) is 54.6 Å². The second-order valence-corrected chi connectivity index (χ2v) is 9.25. The summed E-state index contributed by atoms with van der Waals surface area (Å²) in [7, 11) is 0. The molecule has 5 rings (SSSR count). The van der Waals surface area contributed by atoms with Crippen molar-refractivity contribution in [3.63, 3.8) is 0 Å². The van der Waals surface area contributed by atoms with E-state index in [1.807, 2.05) is 0 Å². The van der Waals surface area contributed by atoms with Crippen LogP contribution in [0.5, 0.6) is 0 Å². The highest BCUT2D eigenvalue weighted by molar-refractivity contribution is 7.18. The number of benzene rings is 3. The van der Waals surface area contributed by atoms with E-state index < -0.39 is 41.2 Å². The first-order chi connectivity index (χ1) is 16.7. The first-order valence-corrected chi connectivity index (χ1v) is 11.3. The third-order valence-electron chi connectivity index (χ3n) is 5.66. The Morgan fingerprint density at radius 1 is 1.00 bits per heavy atom. The van der Waals surface area contributed by atoms with Gasteiger partial charge in [-0.1, -0.05) is 12.1 Å². The molecule has 0 unspecified atom stereocenters. The van der Waals surface area contributed by atoms with Crippen LogP contribution in [-0.2, 0) is 11.2 Å². The summed E-state index contributed by atoms with van der Waals surface area (Å²) in [5.74, 6) is -4.87. The number of hydrogen-bond donors (Lipinski definition) is 1. The minimum atomic E-state index is -1.50. The molecule has 1 aliphatic rings. The van der Waals surface area contributed by atoms with Crippen LogP contribution in [0.2, 0.25) is 0 Å². The molecule has 176 valence electrons. The van der Waals surface area contributed by atoms with Gasteiger partial charge in [0.2, 0.25) is 5.91 Å². The average Bonchev–Trinajstić information content (AvgIpc) is 3.31. The number of anilines is 1. The molecule has 1 aliphatic heterocycles. The SMILES string of the molecule is Cc1nc2c(F)c(NC(=O)[C@H](Cc3cc(F)cc(F)c3)N3C(=O)c4ccccc4C3=O)ccc2s1. The molecule has 1 N–H and O–H groups in total. The van der Waals surface area contributed by atoms with Gasteiger partial charge in [-0.15, -0.1) is 11.3 Å². The van der Waals surface area contributed by atoms with Crippen LogP contribution in [0.3, 0.4) is 0 Å². The summed E-state index contributed by atoms with van der Waals surface area (Å²) in [5.41, 5.74) is 0.136. The Hall–Kier alpha value is -4.05. The fraction of sp³-hybridized carbons (Fsp3) is 0.120. The van der Waals surface area contributed by atoms with E-state index >= 15 is 4.39 Å². The maximum absolute atomic E-state index is 15.1. The zero-order valence-corrected chi connectivity index (χ0v) is 19.0. The quantitative estimate of drug-likeness (QED) is 0.401. The number of carbonyl (C=O) groups excluding carboxylic acids is 3. The number of thiazole rings is 1. The van der Waals surface area contributed by atoms with Gasteiger partial charge in [-0.3, -0.25) is 19.3 Å². The van der Waals surface area contributed by atoms with Gasteiger partial charge >= 0.3 is 0 Å². The van der Waals surface area contributed by atoms with Gasteiger partial charge in [0, 0.05) is 12.5 Å². The Balaban J connectivity index is 1.53. The molecular formula is C25H16F3N3O3S. The lowest BCUT2D eigenvalue weighted by Gasteiger charge is -2.25. The number of aryl methyl sites for hydroxylation is 1. The molecule has 0 fully saturated rings. The summed E-state index contributed by atoms with van der Waals surface area (Å²) in [6, 6.07) is 10.2. The first kappa shape index (κ1) is 22.7. The van der Waals surface area contributed by atoms with E-state index in [2.05, 4.69) is 10.3 Å². The van der Waals surface area contributed by atoms with Crippen LogP contribution < -0.4 is 5.32 Å². The number of nitrogens with zero attached hydrogens (tertiary/aromatic N) is 2. The number of carbonyl (C=O) groups is 3. The molecule has 1 atom stereocenters. The molecule has 3 amide bonds. The van der Waals surface area contributed by atoms with Crippen LogP contribution in [0, 0.1) is 24.4 Å². The lowest BCUT2D eigenvalue weighted by molar-refractivity contribution is -0.120. The Bertz CT molecular complexity index is 1480. The molecule has 0 aliphatic carbocycles. The smallest absolute Gasteiger partial charge is 0.262 e. The van der Waals surface area contributed by atoms with E-state index in [-0.39, 0.29) is 34.3 Å². The predicted molar refractivity (Wildman–Crippen MR) is 124 cm³/mol. The number of halogens is 3. The van der Waals surface area contributed by atoms with Gasteiger partial charge in [-0.2, -0.15) is 0 Å². The number of amides is 3. The molecule has 0 saturated heterocycles. The van der Waals surface area contributed by atoms with E-state index in [0.717, 1.165) is 17.0 Å². The summed E-state index contributed by atoms with van der Waals surface area (Å²) >= 11 is 1.29. The minimum absolute atomic E-state index is 0.0465. The van der Waals surface area contributed by atoms with Crippen molar-refractivity contribution in [3.05, 3.63) is 93.7 Å². The van der Waals surface area contributed by atoms with Crippen molar-refractivity contribution in [2.24, 2.45) is 0 Å². The molecule has 35 heavy (non-hydrogen) atoms. The number of imide groups is 1. The number of rotatable bonds is 5. The van der Waals surface area contributed by atoms with Crippen molar-refractivity contribution in [2.75, 3.05) is 5.32 Å². The molecule has 1 aromatic heterocycles. The number of aromatic nitrogens is 1. The monoisotopic (exact) mass is 495 g/mol. The Morgan fingerprint density at radius 3 is 2.26 bits per heavy atom. The summed E-state index contributed by atoms with van der Waals surface area (Å²) in [6.07, 6.45) is -0.383. The Labute approximate surface area is 201 Å². The van der Waals surface area contributed by atoms with Gasteiger partial charge in [0.1, 0.15) is 23.2 Å². The maximum atomic E-state index is 15.1. The van der Waals surface area contributed by atoms with Gasteiger partial charge in [0.15, 0.2) is 5.82 Å². The maximum Gasteiger partial charge on any atom is 0.262 e. The van der Waals surface area contributed by atoms with Crippen molar-refractivity contribution in [2.45, 2.75) is 19.4 Å². The lowest BCUT2D eigenvalue weighted by atomic mass is 10.0. The third-order valence-corrected chi connectivity index (χ3v) is 6.59. The zero-order chi connectivity index (χ0) is 24.9. The van der Waals surface area contributed by atoms with E-state index in [9.17, 15) is 23.2 Å². The highest BCUT2D eigenvalue weighted by Gasteiger charge is 2.43. The zero-order valence-electron chi connectivity index (χ0n) is 18.1. The van der Waals surface area contributed by atoms with E-state index in [0.29, 0.717) is 15.8 Å². The van der Waals surface area contributed by atoms with Gasteiger partial charge in [-0.05, 0) is 48.9 Å². The standard InChI is InChI=1S/C25H16F3N3O3S/c1-12-29-22-20(35-12)7-6-18(21(22)28)30-23(32)19(10-13-8-14(26)11-15(27)9-13)31-24(33)16-4-2-3-5-17(16)25(31)34/h2-9,11,19H,10H2,1H3,(H,30,32)/t19-/m0/s1. The highest BCUT2D eigenvalue weighted by atomic mass is 32.1. The largest absolute Gasteiger partial charge is 0.322 e. The molecule has 6 nitrogen and oxygen atoms in total. The summed E-state index contributed by atoms with van der Waals surface area (Å²) in [5, 5.41) is 3.06. The summed E-state index contributed by atoms with van der Waals surface area (Å²) in [6.45, 7) is 1.72. The number of fused-ring (bicyclic) bond motifs is 2. The predicted octanol–water partition coefficient (Wildman–Crippen LogP) is 4.87. The number of nitrogens with one attached hydrogen (secondary N) is 1. The molecule has 4 aromatic rings. The van der Waals surface area contributed by atoms with Crippen LogP contribution in [-0.4, -0.2) is 33.6 Å². The van der Waals surface area contributed by atoms with Gasteiger partial charge in [0.05, 0.1) is 26.5 Å². The van der Waals surface area contributed by atoms with E-state index in [1.165, 1.54) is 29.5 Å². The number of hydrogen-bond acceptors (Lipinski definition) is 5. The Kier molecular flexibility index (Phi) is 5.60. The topological polar surface area (TPSA) is 79.4 Å². The molecular weight excluding hydrogens is 479 g/mol. The van der Waals surface area contributed by atoms with Crippen molar-refractivity contribution in [3.8, 4) is 0 Å². The molecule has 0 saturated carbocycles. The molecule has 3 aromatic carbocycles. The van der Waals surface area contributed by atoms with Crippen LogP contribution in [0.25, 0.3) is 10.2 Å². The third kappa shape index (κ3) is 4.06. The molecule has 0 spiro atoms. The molecule has 2 heterocycles. The molecule has 0 bridgehead atoms. The normalized spacial score (nSPS) is 13.9. The van der Waals surface area contributed by atoms with Crippen LogP contribution in [0.4, 0.5) is 18.9 Å². The van der Waals surface area contributed by atoms with Crippen molar-refractivity contribution >= 4 is 45.0 Å². The van der Waals surface area contributed by atoms with Gasteiger partial charge < -0.3 is 5.32 Å². The Morgan fingerprint density at radius 2 is 1.63 bits per heavy atom. The lowest BCUT2D eigenvalue weighted by Crippen LogP contribution is -2.48. The highest BCUT2D eigenvalue weighted by Crippen LogP contribution is 2.30.